The van der Waals surface area contributed by atoms with Crippen molar-refractivity contribution in [2.75, 3.05) is 29.4 Å². The summed E-state index contributed by atoms with van der Waals surface area (Å²) in [7, 11) is 0. The monoisotopic (exact) mass is 1330 g/mol. The first kappa shape index (κ1) is 62.2. The van der Waals surface area contributed by atoms with Crippen LogP contribution in [0, 0.1) is 0 Å². The summed E-state index contributed by atoms with van der Waals surface area (Å²) in [5.74, 6) is 0. The zero-order chi connectivity index (χ0) is 69.1. The van der Waals surface area contributed by atoms with Gasteiger partial charge in [-0.2, -0.15) is 0 Å². The highest BCUT2D eigenvalue weighted by Gasteiger charge is 2.27. The topological polar surface area (TPSA) is 45.2 Å². The van der Waals surface area contributed by atoms with E-state index in [1.54, 1.807) is 0 Å². The molecule has 18 rings (SSSR count). The lowest BCUT2D eigenvalue weighted by molar-refractivity contribution is 1.21. The molecule has 0 atom stereocenters. The normalized spacial score (nSPS) is 11.3. The Labute approximate surface area is 605 Å². The van der Waals surface area contributed by atoms with E-state index in [1.807, 2.05) is 12.4 Å². The zero-order valence-electron chi connectivity index (χ0n) is 56.8. The van der Waals surface area contributed by atoms with Gasteiger partial charge in [0, 0.05) is 102 Å². The molecule has 0 radical (unpaired) electrons. The van der Waals surface area contributed by atoms with Crippen molar-refractivity contribution in [1.29, 1.82) is 0 Å². The summed E-state index contributed by atoms with van der Waals surface area (Å²) in [5.41, 5.74) is 19.5. The van der Waals surface area contributed by atoms with Crippen molar-refractivity contribution in [3.8, 4) is 0 Å². The fraction of sp³-hybridized carbons (Fsp3) is 0. The van der Waals surface area contributed by atoms with Gasteiger partial charge in [-0.15, -0.1) is 0 Å². The molecule has 0 aliphatic carbocycles. The van der Waals surface area contributed by atoms with Crippen molar-refractivity contribution < 1.29 is 0 Å². The fourth-order valence-corrected chi connectivity index (χ4v) is 14.9. The fourth-order valence-electron chi connectivity index (χ4n) is 14.9. The van der Waals surface area contributed by atoms with E-state index in [-0.39, 0.29) is 0 Å². The zero-order valence-corrected chi connectivity index (χ0v) is 56.8. The van der Waals surface area contributed by atoms with Gasteiger partial charge >= 0.3 is 0 Å². The van der Waals surface area contributed by atoms with E-state index in [9.17, 15) is 0 Å². The van der Waals surface area contributed by atoms with E-state index in [2.05, 4.69) is 430 Å². The molecule has 0 N–H and O–H groups in total. The Morgan fingerprint density at radius 1 is 0.135 bits per heavy atom. The number of para-hydroxylation sites is 4. The van der Waals surface area contributed by atoms with Crippen molar-refractivity contribution >= 4 is 156 Å². The average Bonchev–Trinajstić information content (AvgIpc) is 0.751. The van der Waals surface area contributed by atoms with Gasteiger partial charge in [-0.1, -0.05) is 218 Å². The second kappa shape index (κ2) is 27.6. The molecule has 8 heteroatoms. The van der Waals surface area contributed by atoms with Gasteiger partial charge in [0.2, 0.25) is 0 Å². The number of aromatic nitrogens is 2. The van der Waals surface area contributed by atoms with E-state index in [1.165, 1.54) is 21.5 Å². The Kier molecular flexibility index (Phi) is 16.5. The summed E-state index contributed by atoms with van der Waals surface area (Å²) in [6.07, 6.45) is 3.63. The van der Waals surface area contributed by atoms with Crippen LogP contribution in [0.25, 0.3) is 54.1 Å². The molecule has 1 aromatic heterocycles. The number of nitrogens with zero attached hydrogens (tertiary/aromatic N) is 8. The molecule has 8 nitrogen and oxygen atoms in total. The van der Waals surface area contributed by atoms with Crippen LogP contribution in [0.2, 0.25) is 0 Å². The highest BCUT2D eigenvalue weighted by Crippen LogP contribution is 2.50. The maximum atomic E-state index is 5.39. The molecular formula is C96H68N8. The lowest BCUT2D eigenvalue weighted by Gasteiger charge is -2.32. The van der Waals surface area contributed by atoms with Crippen molar-refractivity contribution in [2.45, 2.75) is 0 Å². The summed E-state index contributed by atoms with van der Waals surface area (Å²) < 4.78 is 0. The van der Waals surface area contributed by atoms with Gasteiger partial charge in [0.1, 0.15) is 11.0 Å². The summed E-state index contributed by atoms with van der Waals surface area (Å²) in [6, 6.07) is 143. The lowest BCUT2D eigenvalue weighted by atomic mass is 10.1. The lowest BCUT2D eigenvalue weighted by Crippen LogP contribution is -2.16. The molecule has 104 heavy (non-hydrogen) atoms. The van der Waals surface area contributed by atoms with E-state index < -0.39 is 0 Å². The minimum Gasteiger partial charge on any atom is -0.310 e. The van der Waals surface area contributed by atoms with Crippen molar-refractivity contribution in [2.24, 2.45) is 0 Å². The quantitative estimate of drug-likeness (QED) is 0.0842. The molecule has 18 aromatic rings. The highest BCUT2D eigenvalue weighted by atomic mass is 15.2. The molecule has 0 amide bonds. The average molecular weight is 1330 g/mol. The molecule has 492 valence electrons. The summed E-state index contributed by atoms with van der Waals surface area (Å²) in [5, 5.41) is 9.33. The number of benzene rings is 17. The van der Waals surface area contributed by atoms with Crippen LogP contribution in [0.3, 0.4) is 0 Å². The van der Waals surface area contributed by atoms with Crippen LogP contribution in [-0.2, 0) is 0 Å². The molecule has 0 saturated heterocycles. The van der Waals surface area contributed by atoms with Crippen LogP contribution < -0.4 is 29.4 Å². The van der Waals surface area contributed by atoms with Gasteiger partial charge in [-0.25, -0.2) is 0 Å². The van der Waals surface area contributed by atoms with Crippen molar-refractivity contribution in [1.82, 2.24) is 9.97 Å². The van der Waals surface area contributed by atoms with Gasteiger partial charge in [0.25, 0.3) is 0 Å². The first-order valence-corrected chi connectivity index (χ1v) is 35.2. The van der Waals surface area contributed by atoms with Crippen LogP contribution in [0.5, 0.6) is 0 Å². The minimum absolute atomic E-state index is 0.720. The highest BCUT2D eigenvalue weighted by molar-refractivity contribution is 6.06. The Balaban J connectivity index is 0.811. The van der Waals surface area contributed by atoms with Crippen LogP contribution in [0.1, 0.15) is 0 Å². The maximum absolute atomic E-state index is 5.39. The van der Waals surface area contributed by atoms with E-state index in [0.717, 1.165) is 135 Å². The molecule has 0 unspecified atom stereocenters. The van der Waals surface area contributed by atoms with Gasteiger partial charge < -0.3 is 29.4 Å². The first-order chi connectivity index (χ1) is 51.6. The minimum atomic E-state index is 0.720. The Morgan fingerprint density at radius 3 is 0.529 bits per heavy atom. The summed E-state index contributed by atoms with van der Waals surface area (Å²) in [4.78, 5) is 24.8. The molecule has 0 aliphatic heterocycles. The molecule has 0 aliphatic rings. The third kappa shape index (κ3) is 11.7. The van der Waals surface area contributed by atoms with E-state index >= 15 is 0 Å². The molecule has 0 saturated carbocycles. The van der Waals surface area contributed by atoms with Crippen LogP contribution in [0.4, 0.5) is 102 Å². The van der Waals surface area contributed by atoms with Crippen LogP contribution >= 0.6 is 0 Å². The third-order valence-electron chi connectivity index (χ3n) is 19.6. The van der Waals surface area contributed by atoms with E-state index in [0.29, 0.717) is 0 Å². The number of fused-ring (bicyclic) bond motifs is 5. The number of hydrogen-bond donors (Lipinski definition) is 0. The smallest absolute Gasteiger partial charge is 0.115 e. The van der Waals surface area contributed by atoms with Gasteiger partial charge in [-0.3, -0.25) is 9.97 Å². The predicted octanol–water partition coefficient (Wildman–Crippen LogP) is 27.1. The van der Waals surface area contributed by atoms with Crippen molar-refractivity contribution in [3.63, 3.8) is 0 Å². The Bertz CT molecular complexity index is 5330. The number of rotatable bonds is 18. The molecule has 0 spiro atoms. The second-order valence-corrected chi connectivity index (χ2v) is 25.8. The van der Waals surface area contributed by atoms with E-state index in [4.69, 9.17) is 9.97 Å². The molecule has 0 fully saturated rings. The Morgan fingerprint density at radius 2 is 0.308 bits per heavy atom. The summed E-state index contributed by atoms with van der Waals surface area (Å²) in [6.45, 7) is 0. The van der Waals surface area contributed by atoms with Crippen LogP contribution in [-0.4, -0.2) is 9.97 Å². The first-order valence-electron chi connectivity index (χ1n) is 35.2. The molecule has 1 heterocycles. The third-order valence-corrected chi connectivity index (χ3v) is 19.6. The Hall–Kier alpha value is -14.1. The predicted molar refractivity (Wildman–Crippen MR) is 438 cm³/mol. The number of anilines is 18. The maximum Gasteiger partial charge on any atom is 0.115 e. The van der Waals surface area contributed by atoms with Gasteiger partial charge in [0.05, 0.1) is 34.1 Å². The van der Waals surface area contributed by atoms with Gasteiger partial charge in [-0.05, 0) is 204 Å². The van der Waals surface area contributed by atoms with Crippen molar-refractivity contribution in [3.05, 3.63) is 413 Å². The second-order valence-electron chi connectivity index (χ2n) is 25.8. The van der Waals surface area contributed by atoms with Gasteiger partial charge in [0.15, 0.2) is 0 Å². The van der Waals surface area contributed by atoms with Crippen LogP contribution in [0.15, 0.2) is 413 Å². The molecule has 17 aromatic carbocycles. The standard InChI is InChI=1S/C96H68N8/c1-5-33-73(34-6-1)99(89-45-21-29-69-25-13-17-41-85(69)89)77-49-57-81(58-50-77)103(82-59-51-78(52-60-82)100(74-35-7-2-8-36-74)90-46-22-30-70-26-14-18-42-86(70)90)93-65-66-94(96-95(93)97-67-68-98-96)104(83-61-53-79(54-62-83)101(75-37-9-3-10-38-75)91-47-23-31-71-27-15-19-43-87(71)91)84-63-55-80(56-64-84)102(76-39-11-4-12-40-76)92-48-24-32-72-28-16-20-44-88(72)92/h1-68H. The molecule has 0 bridgehead atoms. The number of hydrogen-bond acceptors (Lipinski definition) is 8. The SMILES string of the molecule is c1ccc(N(c2ccc(N(c3ccc(N(c4ccccc4)c4cccc5ccccc45)cc3)c3ccc(N(c4ccc(N(c5ccccc5)c5cccc6ccccc56)cc4)c4ccc(N(c5ccccc5)c5cccc6ccccc56)cc4)c4nccnc34)cc2)c2cccc3ccccc23)cc1. The molecular weight excluding hydrogens is 1270 g/mol. The summed E-state index contributed by atoms with van der Waals surface area (Å²) >= 11 is 0. The largest absolute Gasteiger partial charge is 0.310 e.